The van der Waals surface area contributed by atoms with Crippen LogP contribution in [0.3, 0.4) is 0 Å². The van der Waals surface area contributed by atoms with Crippen molar-refractivity contribution in [3.8, 4) is 0 Å². The molecule has 0 amide bonds. The fourth-order valence-corrected chi connectivity index (χ4v) is 1.80. The van der Waals surface area contributed by atoms with Gasteiger partial charge in [-0.2, -0.15) is 0 Å². The molecule has 0 fully saturated rings. The standard InChI is InChI=1S/C10H10BrNO4/c1-6-7(5-9(13)16-2)3-4-8(10(6)11)12(14)15/h3-4H,5H2,1-2H3. The summed E-state index contributed by atoms with van der Waals surface area (Å²) >= 11 is 3.15. The molecule has 0 spiro atoms. The van der Waals surface area contributed by atoms with Crippen LogP contribution in [0.5, 0.6) is 0 Å². The Kier molecular flexibility index (Phi) is 4.00. The molecule has 1 rings (SSSR count). The monoisotopic (exact) mass is 287 g/mol. The first-order valence-electron chi connectivity index (χ1n) is 4.46. The summed E-state index contributed by atoms with van der Waals surface area (Å²) in [4.78, 5) is 21.3. The summed E-state index contributed by atoms with van der Waals surface area (Å²) in [5, 5.41) is 10.6. The number of hydrogen-bond donors (Lipinski definition) is 0. The zero-order valence-corrected chi connectivity index (χ0v) is 10.4. The first-order chi connectivity index (χ1) is 7.47. The lowest BCUT2D eigenvalue weighted by atomic mass is 10.1. The number of nitro benzene ring substituents is 1. The van der Waals surface area contributed by atoms with Crippen molar-refractivity contribution in [3.05, 3.63) is 37.8 Å². The Hall–Kier alpha value is -1.43. The predicted octanol–water partition coefficient (Wildman–Crippen LogP) is 2.38. The molecule has 0 unspecified atom stereocenters. The van der Waals surface area contributed by atoms with Crippen molar-refractivity contribution in [1.29, 1.82) is 0 Å². The van der Waals surface area contributed by atoms with Gasteiger partial charge in [-0.1, -0.05) is 6.07 Å². The van der Waals surface area contributed by atoms with Crippen LogP contribution in [0, 0.1) is 17.0 Å². The number of methoxy groups -OCH3 is 1. The van der Waals surface area contributed by atoms with Gasteiger partial charge in [0.25, 0.3) is 5.69 Å². The Morgan fingerprint density at radius 3 is 2.69 bits per heavy atom. The van der Waals surface area contributed by atoms with Gasteiger partial charge in [-0.25, -0.2) is 0 Å². The maximum atomic E-state index is 11.1. The molecule has 0 atom stereocenters. The molecule has 0 bridgehead atoms. The summed E-state index contributed by atoms with van der Waals surface area (Å²) in [5.41, 5.74) is 1.38. The maximum absolute atomic E-state index is 11.1. The number of nitrogens with zero attached hydrogens (tertiary/aromatic N) is 1. The van der Waals surface area contributed by atoms with Crippen LogP contribution in [0.25, 0.3) is 0 Å². The SMILES string of the molecule is COC(=O)Cc1ccc([N+](=O)[O-])c(Br)c1C. The van der Waals surface area contributed by atoms with Crippen molar-refractivity contribution in [1.82, 2.24) is 0 Å². The topological polar surface area (TPSA) is 69.4 Å². The molecule has 0 aromatic heterocycles. The van der Waals surface area contributed by atoms with Crippen LogP contribution in [0.2, 0.25) is 0 Å². The smallest absolute Gasteiger partial charge is 0.309 e. The molecule has 6 heteroatoms. The zero-order valence-electron chi connectivity index (χ0n) is 8.82. The molecular formula is C10H10BrNO4. The van der Waals surface area contributed by atoms with Crippen molar-refractivity contribution in [2.75, 3.05) is 7.11 Å². The summed E-state index contributed by atoms with van der Waals surface area (Å²) in [5.74, 6) is -0.371. The summed E-state index contributed by atoms with van der Waals surface area (Å²) < 4.78 is 4.94. The first-order valence-corrected chi connectivity index (χ1v) is 5.26. The molecule has 0 heterocycles. The van der Waals surface area contributed by atoms with E-state index in [1.807, 2.05) is 0 Å². The summed E-state index contributed by atoms with van der Waals surface area (Å²) in [7, 11) is 1.30. The van der Waals surface area contributed by atoms with Crippen molar-refractivity contribution in [3.63, 3.8) is 0 Å². The highest BCUT2D eigenvalue weighted by Gasteiger charge is 2.17. The molecule has 0 N–H and O–H groups in total. The molecule has 0 aliphatic rings. The third kappa shape index (κ3) is 2.57. The first kappa shape index (κ1) is 12.6. The molecule has 1 aromatic carbocycles. The molecule has 5 nitrogen and oxygen atoms in total. The quantitative estimate of drug-likeness (QED) is 0.486. The highest BCUT2D eigenvalue weighted by molar-refractivity contribution is 9.10. The fraction of sp³-hybridized carbons (Fsp3) is 0.300. The summed E-state index contributed by atoms with van der Waals surface area (Å²) in [6, 6.07) is 2.94. The lowest BCUT2D eigenvalue weighted by molar-refractivity contribution is -0.385. The molecule has 0 saturated carbocycles. The average molecular weight is 288 g/mol. The number of hydrogen-bond acceptors (Lipinski definition) is 4. The molecule has 1 aromatic rings. The van der Waals surface area contributed by atoms with E-state index in [1.165, 1.54) is 13.2 Å². The second-order valence-electron chi connectivity index (χ2n) is 3.19. The van der Waals surface area contributed by atoms with Gasteiger partial charge < -0.3 is 4.74 Å². The minimum Gasteiger partial charge on any atom is -0.469 e. The second kappa shape index (κ2) is 5.07. The van der Waals surface area contributed by atoms with E-state index in [4.69, 9.17) is 0 Å². The van der Waals surface area contributed by atoms with Gasteiger partial charge in [-0.15, -0.1) is 0 Å². The number of carbonyl (C=O) groups is 1. The highest BCUT2D eigenvalue weighted by atomic mass is 79.9. The third-order valence-corrected chi connectivity index (χ3v) is 3.24. The van der Waals surface area contributed by atoms with E-state index in [0.29, 0.717) is 15.6 Å². The molecule has 0 aliphatic heterocycles. The van der Waals surface area contributed by atoms with Gasteiger partial charge in [0.2, 0.25) is 0 Å². The largest absolute Gasteiger partial charge is 0.469 e. The zero-order chi connectivity index (χ0) is 12.3. The van der Waals surface area contributed by atoms with Gasteiger partial charge >= 0.3 is 5.97 Å². The van der Waals surface area contributed by atoms with E-state index in [-0.39, 0.29) is 18.1 Å². The van der Waals surface area contributed by atoms with Crippen LogP contribution >= 0.6 is 15.9 Å². The Bertz CT molecular complexity index is 445. The Balaban J connectivity index is 3.12. The Morgan fingerprint density at radius 2 is 2.19 bits per heavy atom. The van der Waals surface area contributed by atoms with Crippen molar-refractivity contribution >= 4 is 27.6 Å². The number of rotatable bonds is 3. The number of nitro groups is 1. The molecule has 0 saturated heterocycles. The minimum atomic E-state index is -0.473. The van der Waals surface area contributed by atoms with Crippen molar-refractivity contribution in [2.45, 2.75) is 13.3 Å². The van der Waals surface area contributed by atoms with Gasteiger partial charge in [-0.05, 0) is 34.0 Å². The Labute approximate surface area is 101 Å². The molecule has 0 aliphatic carbocycles. The number of benzene rings is 1. The third-order valence-electron chi connectivity index (χ3n) is 2.24. The van der Waals surface area contributed by atoms with Crippen LogP contribution in [-0.4, -0.2) is 18.0 Å². The van der Waals surface area contributed by atoms with Gasteiger partial charge in [0.05, 0.1) is 22.9 Å². The van der Waals surface area contributed by atoms with Gasteiger partial charge in [0, 0.05) is 6.07 Å². The Morgan fingerprint density at radius 1 is 1.56 bits per heavy atom. The molecule has 86 valence electrons. The van der Waals surface area contributed by atoms with E-state index < -0.39 is 4.92 Å². The molecular weight excluding hydrogens is 278 g/mol. The summed E-state index contributed by atoms with van der Waals surface area (Å²) in [6.07, 6.45) is 0.110. The fourth-order valence-electron chi connectivity index (χ4n) is 1.27. The van der Waals surface area contributed by atoms with E-state index in [2.05, 4.69) is 20.7 Å². The van der Waals surface area contributed by atoms with Crippen LogP contribution < -0.4 is 0 Å². The molecule has 0 radical (unpaired) electrons. The highest BCUT2D eigenvalue weighted by Crippen LogP contribution is 2.30. The number of halogens is 1. The van der Waals surface area contributed by atoms with Crippen LogP contribution in [0.15, 0.2) is 16.6 Å². The lowest BCUT2D eigenvalue weighted by Gasteiger charge is -2.06. The van der Waals surface area contributed by atoms with Crippen LogP contribution in [0.4, 0.5) is 5.69 Å². The van der Waals surface area contributed by atoms with Crippen molar-refractivity contribution in [2.24, 2.45) is 0 Å². The lowest BCUT2D eigenvalue weighted by Crippen LogP contribution is -2.06. The maximum Gasteiger partial charge on any atom is 0.309 e. The van der Waals surface area contributed by atoms with E-state index in [0.717, 1.165) is 0 Å². The second-order valence-corrected chi connectivity index (χ2v) is 3.99. The van der Waals surface area contributed by atoms with Gasteiger partial charge in [-0.3, -0.25) is 14.9 Å². The number of esters is 1. The summed E-state index contributed by atoms with van der Waals surface area (Å²) in [6.45, 7) is 1.72. The van der Waals surface area contributed by atoms with E-state index in [9.17, 15) is 14.9 Å². The van der Waals surface area contributed by atoms with Crippen LogP contribution in [0.1, 0.15) is 11.1 Å². The average Bonchev–Trinajstić information content (AvgIpc) is 2.24. The molecule has 16 heavy (non-hydrogen) atoms. The normalized spacial score (nSPS) is 9.94. The van der Waals surface area contributed by atoms with E-state index in [1.54, 1.807) is 13.0 Å². The number of carbonyl (C=O) groups excluding carboxylic acids is 1. The predicted molar refractivity (Wildman–Crippen MR) is 61.3 cm³/mol. The van der Waals surface area contributed by atoms with Gasteiger partial charge in [0.15, 0.2) is 0 Å². The van der Waals surface area contributed by atoms with E-state index >= 15 is 0 Å². The van der Waals surface area contributed by atoms with Crippen molar-refractivity contribution < 1.29 is 14.5 Å². The number of ether oxygens (including phenoxy) is 1. The van der Waals surface area contributed by atoms with Gasteiger partial charge in [0.1, 0.15) is 0 Å². The van der Waals surface area contributed by atoms with Crippen LogP contribution in [-0.2, 0) is 16.0 Å². The minimum absolute atomic E-state index is 0.00823.